The van der Waals surface area contributed by atoms with Gasteiger partial charge in [-0.1, -0.05) is 0 Å². The second-order valence-corrected chi connectivity index (χ2v) is 3.70. The van der Waals surface area contributed by atoms with E-state index in [1.807, 2.05) is 26.1 Å². The third kappa shape index (κ3) is 2.13. The number of anilines is 1. The molecular formula is C11H14N4O. The number of imidazole rings is 1. The van der Waals surface area contributed by atoms with Crippen molar-refractivity contribution >= 4 is 5.69 Å². The molecule has 0 aliphatic heterocycles. The summed E-state index contributed by atoms with van der Waals surface area (Å²) >= 11 is 0. The molecule has 5 nitrogen and oxygen atoms in total. The molecule has 0 fully saturated rings. The van der Waals surface area contributed by atoms with Gasteiger partial charge in [0.1, 0.15) is 12.1 Å². The van der Waals surface area contributed by atoms with E-state index in [2.05, 4.69) is 9.97 Å². The topological polar surface area (TPSA) is 66.0 Å². The Morgan fingerprint density at radius 1 is 1.38 bits per heavy atom. The number of ether oxygens (including phenoxy) is 1. The zero-order chi connectivity index (χ0) is 11.5. The van der Waals surface area contributed by atoms with E-state index in [-0.39, 0.29) is 6.10 Å². The van der Waals surface area contributed by atoms with Gasteiger partial charge in [-0.25, -0.2) is 4.98 Å². The number of nitrogen functional groups attached to an aromatic ring is 1. The Bertz CT molecular complexity index is 465. The largest absolute Gasteiger partial charge is 0.473 e. The van der Waals surface area contributed by atoms with Gasteiger partial charge >= 0.3 is 0 Å². The minimum absolute atomic E-state index is 0.0489. The first-order valence-electron chi connectivity index (χ1n) is 5.08. The van der Waals surface area contributed by atoms with E-state index in [1.165, 1.54) is 0 Å². The van der Waals surface area contributed by atoms with Gasteiger partial charge in [-0.3, -0.25) is 4.57 Å². The summed E-state index contributed by atoms with van der Waals surface area (Å²) in [5.74, 6) is 1.20. The first-order chi connectivity index (χ1) is 7.66. The fraction of sp³-hybridized carbons (Fsp3) is 0.273. The molecule has 0 saturated carbocycles. The fourth-order valence-electron chi connectivity index (χ4n) is 1.30. The zero-order valence-corrected chi connectivity index (χ0v) is 9.29. The SMILES string of the molecule is CC(C)Oc1nc(-n2ccnc2)ccc1N. The predicted octanol–water partition coefficient (Wildman–Crippen LogP) is 1.64. The molecule has 0 aromatic carbocycles. The van der Waals surface area contributed by atoms with Crippen LogP contribution >= 0.6 is 0 Å². The number of pyridine rings is 1. The molecule has 2 N–H and O–H groups in total. The third-order valence-electron chi connectivity index (χ3n) is 1.99. The maximum atomic E-state index is 5.78. The Kier molecular flexibility index (Phi) is 2.76. The average Bonchev–Trinajstić information content (AvgIpc) is 2.73. The molecule has 2 aromatic rings. The van der Waals surface area contributed by atoms with Crippen molar-refractivity contribution in [2.45, 2.75) is 20.0 Å². The Hall–Kier alpha value is -2.04. The van der Waals surface area contributed by atoms with Crippen LogP contribution in [0.4, 0.5) is 5.69 Å². The van der Waals surface area contributed by atoms with E-state index in [1.54, 1.807) is 23.2 Å². The lowest BCUT2D eigenvalue weighted by atomic mass is 10.4. The van der Waals surface area contributed by atoms with Gasteiger partial charge in [-0.15, -0.1) is 0 Å². The molecule has 0 aliphatic rings. The van der Waals surface area contributed by atoms with Gasteiger partial charge in [-0.05, 0) is 26.0 Å². The highest BCUT2D eigenvalue weighted by Gasteiger charge is 2.07. The molecule has 0 amide bonds. The lowest BCUT2D eigenvalue weighted by Gasteiger charge is -2.12. The number of rotatable bonds is 3. The maximum Gasteiger partial charge on any atom is 0.239 e. The highest BCUT2D eigenvalue weighted by molar-refractivity contribution is 5.50. The second-order valence-electron chi connectivity index (χ2n) is 3.70. The van der Waals surface area contributed by atoms with Crippen molar-refractivity contribution in [2.75, 3.05) is 5.73 Å². The summed E-state index contributed by atoms with van der Waals surface area (Å²) < 4.78 is 7.31. The molecule has 0 unspecified atom stereocenters. The highest BCUT2D eigenvalue weighted by atomic mass is 16.5. The smallest absolute Gasteiger partial charge is 0.239 e. The van der Waals surface area contributed by atoms with Gasteiger partial charge < -0.3 is 10.5 Å². The summed E-state index contributed by atoms with van der Waals surface area (Å²) in [4.78, 5) is 8.29. The van der Waals surface area contributed by atoms with Crippen LogP contribution in [-0.4, -0.2) is 20.6 Å². The fourth-order valence-corrected chi connectivity index (χ4v) is 1.30. The van der Waals surface area contributed by atoms with Crippen molar-refractivity contribution < 1.29 is 4.74 Å². The molecule has 5 heteroatoms. The maximum absolute atomic E-state index is 5.78. The van der Waals surface area contributed by atoms with Crippen LogP contribution in [0, 0.1) is 0 Å². The van der Waals surface area contributed by atoms with Crippen LogP contribution < -0.4 is 10.5 Å². The van der Waals surface area contributed by atoms with Gasteiger partial charge in [0.25, 0.3) is 0 Å². The molecule has 0 bridgehead atoms. The van der Waals surface area contributed by atoms with Crippen molar-refractivity contribution in [3.8, 4) is 11.7 Å². The molecule has 2 aromatic heterocycles. The van der Waals surface area contributed by atoms with Crippen LogP contribution in [0.15, 0.2) is 30.9 Å². The molecule has 84 valence electrons. The van der Waals surface area contributed by atoms with Gasteiger partial charge in [0, 0.05) is 12.4 Å². The van der Waals surface area contributed by atoms with E-state index in [0.717, 1.165) is 5.82 Å². The summed E-state index contributed by atoms with van der Waals surface area (Å²) in [5.41, 5.74) is 6.32. The van der Waals surface area contributed by atoms with Crippen molar-refractivity contribution in [3.05, 3.63) is 30.9 Å². The summed E-state index contributed by atoms with van der Waals surface area (Å²) in [6.45, 7) is 3.87. The van der Waals surface area contributed by atoms with Crippen molar-refractivity contribution in [1.82, 2.24) is 14.5 Å². The summed E-state index contributed by atoms with van der Waals surface area (Å²) in [7, 11) is 0. The third-order valence-corrected chi connectivity index (χ3v) is 1.99. The average molecular weight is 218 g/mol. The minimum Gasteiger partial charge on any atom is -0.473 e. The van der Waals surface area contributed by atoms with Gasteiger partial charge in [0.15, 0.2) is 0 Å². The van der Waals surface area contributed by atoms with Crippen molar-refractivity contribution in [1.29, 1.82) is 0 Å². The van der Waals surface area contributed by atoms with E-state index < -0.39 is 0 Å². The summed E-state index contributed by atoms with van der Waals surface area (Å²) in [6.07, 6.45) is 5.24. The summed E-state index contributed by atoms with van der Waals surface area (Å²) in [6, 6.07) is 3.60. The van der Waals surface area contributed by atoms with Gasteiger partial charge in [-0.2, -0.15) is 4.98 Å². The minimum atomic E-state index is 0.0489. The molecule has 0 saturated heterocycles. The quantitative estimate of drug-likeness (QED) is 0.850. The van der Waals surface area contributed by atoms with Crippen LogP contribution in [0.2, 0.25) is 0 Å². The van der Waals surface area contributed by atoms with Gasteiger partial charge in [0.2, 0.25) is 5.88 Å². The number of aromatic nitrogens is 3. The highest BCUT2D eigenvalue weighted by Crippen LogP contribution is 2.21. The molecule has 2 heterocycles. The van der Waals surface area contributed by atoms with E-state index in [9.17, 15) is 0 Å². The number of hydrogen-bond acceptors (Lipinski definition) is 4. The Balaban J connectivity index is 2.36. The van der Waals surface area contributed by atoms with Crippen LogP contribution in [0.1, 0.15) is 13.8 Å². The standard InChI is InChI=1S/C11H14N4O/c1-8(2)16-11-9(12)3-4-10(14-11)15-6-5-13-7-15/h3-8H,12H2,1-2H3. The molecule has 0 spiro atoms. The normalized spacial score (nSPS) is 10.7. The van der Waals surface area contributed by atoms with Crippen LogP contribution in [0.25, 0.3) is 5.82 Å². The number of nitrogens with two attached hydrogens (primary N) is 1. The van der Waals surface area contributed by atoms with E-state index in [0.29, 0.717) is 11.6 Å². The molecule has 0 radical (unpaired) electrons. The van der Waals surface area contributed by atoms with Crippen molar-refractivity contribution in [3.63, 3.8) is 0 Å². The molecule has 2 rings (SSSR count). The van der Waals surface area contributed by atoms with E-state index >= 15 is 0 Å². The number of hydrogen-bond donors (Lipinski definition) is 1. The molecular weight excluding hydrogens is 204 g/mol. The van der Waals surface area contributed by atoms with Crippen molar-refractivity contribution in [2.24, 2.45) is 0 Å². The predicted molar refractivity (Wildman–Crippen MR) is 61.5 cm³/mol. The van der Waals surface area contributed by atoms with Crippen LogP contribution in [0.5, 0.6) is 5.88 Å². The lowest BCUT2D eigenvalue weighted by molar-refractivity contribution is 0.234. The van der Waals surface area contributed by atoms with E-state index in [4.69, 9.17) is 10.5 Å². The van der Waals surface area contributed by atoms with Crippen LogP contribution in [0.3, 0.4) is 0 Å². The Morgan fingerprint density at radius 2 is 2.19 bits per heavy atom. The molecule has 0 aliphatic carbocycles. The van der Waals surface area contributed by atoms with Crippen LogP contribution in [-0.2, 0) is 0 Å². The first kappa shape index (κ1) is 10.5. The second kappa shape index (κ2) is 4.22. The zero-order valence-electron chi connectivity index (χ0n) is 9.29. The molecule has 16 heavy (non-hydrogen) atoms. The Labute approximate surface area is 93.9 Å². The lowest BCUT2D eigenvalue weighted by Crippen LogP contribution is -2.10. The monoisotopic (exact) mass is 218 g/mol. The molecule has 0 atom stereocenters. The van der Waals surface area contributed by atoms with Gasteiger partial charge in [0.05, 0.1) is 11.8 Å². The number of nitrogens with zero attached hydrogens (tertiary/aromatic N) is 3. The summed E-state index contributed by atoms with van der Waals surface area (Å²) in [5, 5.41) is 0. The Morgan fingerprint density at radius 3 is 2.81 bits per heavy atom. The first-order valence-corrected chi connectivity index (χ1v) is 5.08.